The van der Waals surface area contributed by atoms with Crippen molar-refractivity contribution < 1.29 is 0 Å². The highest BCUT2D eigenvalue weighted by Gasteiger charge is 2.28. The number of benzene rings is 1. The van der Waals surface area contributed by atoms with Gasteiger partial charge in [0.1, 0.15) is 5.84 Å². The van der Waals surface area contributed by atoms with E-state index in [1.165, 1.54) is 5.56 Å². The van der Waals surface area contributed by atoms with Crippen LogP contribution in [0.15, 0.2) is 35.3 Å². The first-order valence-corrected chi connectivity index (χ1v) is 5.90. The maximum Gasteiger partial charge on any atom is 0.121 e. The van der Waals surface area contributed by atoms with E-state index in [1.807, 2.05) is 18.2 Å². The zero-order chi connectivity index (χ0) is 13.1. The Bertz CT molecular complexity index is 386. The van der Waals surface area contributed by atoms with Crippen molar-refractivity contribution in [2.75, 3.05) is 0 Å². The Morgan fingerprint density at radius 3 is 2.00 bits per heavy atom. The molecule has 0 unspecified atom stereocenters. The molecule has 0 saturated carbocycles. The summed E-state index contributed by atoms with van der Waals surface area (Å²) in [6, 6.07) is 10.3. The molecule has 1 rings (SSSR count). The molecule has 0 amide bonds. The van der Waals surface area contributed by atoms with Gasteiger partial charge in [0.2, 0.25) is 0 Å². The first-order valence-electron chi connectivity index (χ1n) is 5.90. The molecule has 0 radical (unpaired) electrons. The van der Waals surface area contributed by atoms with Crippen LogP contribution in [0.3, 0.4) is 0 Å². The van der Waals surface area contributed by atoms with Gasteiger partial charge in [-0.1, -0.05) is 30.3 Å². The molecule has 0 saturated heterocycles. The number of nitrogens with one attached hydrogen (secondary N) is 1. The van der Waals surface area contributed by atoms with Crippen LogP contribution in [0.1, 0.15) is 40.2 Å². The molecule has 1 aromatic carbocycles. The second kappa shape index (κ2) is 4.88. The molecule has 0 aliphatic rings. The van der Waals surface area contributed by atoms with Gasteiger partial charge in [0.25, 0.3) is 0 Å². The molecule has 3 heteroatoms. The van der Waals surface area contributed by atoms with Gasteiger partial charge in [0.15, 0.2) is 0 Å². The van der Waals surface area contributed by atoms with E-state index in [9.17, 15) is 0 Å². The standard InChI is InChI=1S/C14H23N3/c1-13(2,3)16-12(17-15)14(4,5)11-9-7-6-8-10-11/h6-10H,15H2,1-5H3,(H,16,17). The summed E-state index contributed by atoms with van der Waals surface area (Å²) in [4.78, 5) is 4.66. The van der Waals surface area contributed by atoms with E-state index in [0.717, 1.165) is 5.84 Å². The predicted octanol–water partition coefficient (Wildman–Crippen LogP) is 2.62. The van der Waals surface area contributed by atoms with E-state index in [-0.39, 0.29) is 11.0 Å². The van der Waals surface area contributed by atoms with Crippen LogP contribution >= 0.6 is 0 Å². The zero-order valence-electron chi connectivity index (χ0n) is 11.4. The number of rotatable bonds is 2. The van der Waals surface area contributed by atoms with Crippen molar-refractivity contribution in [1.82, 2.24) is 5.43 Å². The molecule has 3 N–H and O–H groups in total. The highest BCUT2D eigenvalue weighted by molar-refractivity contribution is 5.92. The Morgan fingerprint density at radius 1 is 1.06 bits per heavy atom. The highest BCUT2D eigenvalue weighted by atomic mass is 15.3. The topological polar surface area (TPSA) is 50.4 Å². The van der Waals surface area contributed by atoms with Gasteiger partial charge in [-0.05, 0) is 40.2 Å². The summed E-state index contributed by atoms with van der Waals surface area (Å²) < 4.78 is 0. The number of hydrogen-bond donors (Lipinski definition) is 2. The summed E-state index contributed by atoms with van der Waals surface area (Å²) in [5.74, 6) is 6.42. The second-order valence-corrected chi connectivity index (χ2v) is 5.77. The first-order chi connectivity index (χ1) is 7.77. The molecule has 0 atom stereocenters. The largest absolute Gasteiger partial charge is 0.312 e. The van der Waals surface area contributed by atoms with Crippen LogP contribution in [0.4, 0.5) is 0 Å². The molecule has 0 fully saturated rings. The van der Waals surface area contributed by atoms with Crippen molar-refractivity contribution >= 4 is 5.84 Å². The molecule has 1 aromatic rings. The summed E-state index contributed by atoms with van der Waals surface area (Å²) >= 11 is 0. The monoisotopic (exact) mass is 233 g/mol. The Balaban J connectivity index is 3.16. The average molecular weight is 233 g/mol. The number of amidine groups is 1. The van der Waals surface area contributed by atoms with Crippen molar-refractivity contribution in [3.05, 3.63) is 35.9 Å². The first kappa shape index (κ1) is 13.7. The van der Waals surface area contributed by atoms with E-state index in [4.69, 9.17) is 5.84 Å². The van der Waals surface area contributed by atoms with Gasteiger partial charge in [-0.2, -0.15) is 0 Å². The van der Waals surface area contributed by atoms with Crippen molar-refractivity contribution in [2.45, 2.75) is 45.6 Å². The van der Waals surface area contributed by atoms with Crippen molar-refractivity contribution in [3.63, 3.8) is 0 Å². The minimum atomic E-state index is -0.219. The molecular weight excluding hydrogens is 210 g/mol. The maximum absolute atomic E-state index is 5.62. The molecule has 0 aromatic heterocycles. The number of nitrogens with zero attached hydrogens (tertiary/aromatic N) is 1. The Morgan fingerprint density at radius 2 is 1.59 bits per heavy atom. The lowest BCUT2D eigenvalue weighted by Gasteiger charge is -2.29. The number of nitrogens with two attached hydrogens (primary N) is 1. The number of hydrazine groups is 1. The Hall–Kier alpha value is -1.35. The lowest BCUT2D eigenvalue weighted by Crippen LogP contribution is -2.45. The lowest BCUT2D eigenvalue weighted by molar-refractivity contribution is 0.559. The van der Waals surface area contributed by atoms with Crippen LogP contribution in [0, 0.1) is 0 Å². The zero-order valence-corrected chi connectivity index (χ0v) is 11.4. The van der Waals surface area contributed by atoms with Crippen LogP contribution in [-0.2, 0) is 5.41 Å². The fourth-order valence-electron chi connectivity index (χ4n) is 1.68. The molecule has 0 heterocycles. The Kier molecular flexibility index (Phi) is 3.94. The van der Waals surface area contributed by atoms with Crippen LogP contribution in [0.25, 0.3) is 0 Å². The minimum absolute atomic E-state index is 0.145. The van der Waals surface area contributed by atoms with Gasteiger partial charge in [-0.15, -0.1) is 0 Å². The smallest absolute Gasteiger partial charge is 0.121 e. The molecule has 0 spiro atoms. The molecule has 17 heavy (non-hydrogen) atoms. The van der Waals surface area contributed by atoms with Gasteiger partial charge in [-0.25, -0.2) is 5.84 Å². The lowest BCUT2D eigenvalue weighted by atomic mass is 9.83. The van der Waals surface area contributed by atoms with Crippen molar-refractivity contribution in [3.8, 4) is 0 Å². The fourth-order valence-corrected chi connectivity index (χ4v) is 1.68. The minimum Gasteiger partial charge on any atom is -0.312 e. The third kappa shape index (κ3) is 3.56. The summed E-state index contributed by atoms with van der Waals surface area (Å²) in [7, 11) is 0. The van der Waals surface area contributed by atoms with E-state index < -0.39 is 0 Å². The summed E-state index contributed by atoms with van der Waals surface area (Å²) in [6.07, 6.45) is 0. The van der Waals surface area contributed by atoms with Crippen molar-refractivity contribution in [1.29, 1.82) is 0 Å². The van der Waals surface area contributed by atoms with E-state index in [2.05, 4.69) is 57.2 Å². The Labute approximate surface area is 104 Å². The fraction of sp³-hybridized carbons (Fsp3) is 0.500. The molecule has 94 valence electrons. The van der Waals surface area contributed by atoms with Gasteiger partial charge < -0.3 is 5.43 Å². The van der Waals surface area contributed by atoms with E-state index in [0.29, 0.717) is 0 Å². The summed E-state index contributed by atoms with van der Waals surface area (Å²) in [5.41, 5.74) is 3.58. The van der Waals surface area contributed by atoms with Crippen LogP contribution < -0.4 is 11.3 Å². The van der Waals surface area contributed by atoms with Gasteiger partial charge >= 0.3 is 0 Å². The normalized spacial score (nSPS) is 13.6. The van der Waals surface area contributed by atoms with Gasteiger partial charge in [-0.3, -0.25) is 4.99 Å². The maximum atomic E-state index is 5.62. The van der Waals surface area contributed by atoms with Gasteiger partial charge in [0.05, 0.1) is 5.54 Å². The second-order valence-electron chi connectivity index (χ2n) is 5.77. The molecule has 0 aliphatic carbocycles. The number of hydrogen-bond acceptors (Lipinski definition) is 2. The molecular formula is C14H23N3. The number of aliphatic imine (C=N–C) groups is 1. The van der Waals surface area contributed by atoms with Gasteiger partial charge in [0, 0.05) is 5.41 Å². The average Bonchev–Trinajstić information content (AvgIpc) is 2.25. The predicted molar refractivity (Wildman–Crippen MR) is 74.0 cm³/mol. The highest BCUT2D eigenvalue weighted by Crippen LogP contribution is 2.25. The summed E-state index contributed by atoms with van der Waals surface area (Å²) in [5, 5.41) is 0. The van der Waals surface area contributed by atoms with Crippen LogP contribution in [0.5, 0.6) is 0 Å². The third-order valence-corrected chi connectivity index (χ3v) is 2.67. The molecule has 3 nitrogen and oxygen atoms in total. The summed E-state index contributed by atoms with van der Waals surface area (Å²) in [6.45, 7) is 10.4. The molecule has 0 bridgehead atoms. The quantitative estimate of drug-likeness (QED) is 0.357. The van der Waals surface area contributed by atoms with Crippen LogP contribution in [-0.4, -0.2) is 11.4 Å². The van der Waals surface area contributed by atoms with E-state index >= 15 is 0 Å². The molecule has 0 aliphatic heterocycles. The third-order valence-electron chi connectivity index (χ3n) is 2.67. The SMILES string of the molecule is CC(C)(C)N=C(NN)C(C)(C)c1ccccc1. The van der Waals surface area contributed by atoms with Crippen molar-refractivity contribution in [2.24, 2.45) is 10.8 Å². The van der Waals surface area contributed by atoms with Crippen LogP contribution in [0.2, 0.25) is 0 Å². The van der Waals surface area contributed by atoms with E-state index in [1.54, 1.807) is 0 Å².